The van der Waals surface area contributed by atoms with Gasteiger partial charge >= 0.3 is 5.97 Å². The SMILES string of the molecule is CCC1CCCCCN1c1ncc(C(=O)OC)s1. The van der Waals surface area contributed by atoms with Crippen LogP contribution in [0, 0.1) is 0 Å². The van der Waals surface area contributed by atoms with Gasteiger partial charge in [-0.2, -0.15) is 0 Å². The molecule has 1 fully saturated rings. The molecular formula is C13H20N2O2S. The van der Waals surface area contributed by atoms with E-state index < -0.39 is 0 Å². The van der Waals surface area contributed by atoms with Crippen molar-refractivity contribution in [3.05, 3.63) is 11.1 Å². The van der Waals surface area contributed by atoms with Crippen LogP contribution in [0.1, 0.15) is 48.7 Å². The van der Waals surface area contributed by atoms with E-state index in [1.54, 1.807) is 6.20 Å². The van der Waals surface area contributed by atoms with Crippen LogP contribution in [0.5, 0.6) is 0 Å². The zero-order valence-corrected chi connectivity index (χ0v) is 11.8. The third-order valence-electron chi connectivity index (χ3n) is 3.47. The average Bonchev–Trinajstić information content (AvgIpc) is 2.76. The van der Waals surface area contributed by atoms with Gasteiger partial charge in [-0.15, -0.1) is 0 Å². The van der Waals surface area contributed by atoms with E-state index in [2.05, 4.69) is 16.8 Å². The van der Waals surface area contributed by atoms with Crippen LogP contribution in [0.3, 0.4) is 0 Å². The predicted molar refractivity (Wildman–Crippen MR) is 73.3 cm³/mol. The summed E-state index contributed by atoms with van der Waals surface area (Å²) in [6.07, 6.45) is 7.79. The molecule has 0 saturated carbocycles. The largest absolute Gasteiger partial charge is 0.465 e. The molecule has 1 unspecified atom stereocenters. The summed E-state index contributed by atoms with van der Waals surface area (Å²) in [5, 5.41) is 0.962. The van der Waals surface area contributed by atoms with Crippen molar-refractivity contribution in [2.45, 2.75) is 45.1 Å². The van der Waals surface area contributed by atoms with Crippen molar-refractivity contribution in [3.63, 3.8) is 0 Å². The molecule has 2 rings (SSSR count). The van der Waals surface area contributed by atoms with E-state index in [4.69, 9.17) is 4.74 Å². The lowest BCUT2D eigenvalue weighted by Gasteiger charge is -2.28. The standard InChI is InChI=1S/C13H20N2O2S/c1-3-10-7-5-4-6-8-15(10)13-14-9-11(18-13)12(16)17-2/h9-10H,3-8H2,1-2H3. The van der Waals surface area contributed by atoms with Crippen LogP contribution in [0.25, 0.3) is 0 Å². The number of hydrogen-bond donors (Lipinski definition) is 0. The van der Waals surface area contributed by atoms with Crippen molar-refractivity contribution in [3.8, 4) is 0 Å². The Morgan fingerprint density at radius 1 is 1.56 bits per heavy atom. The molecule has 100 valence electrons. The quantitative estimate of drug-likeness (QED) is 0.790. The molecule has 4 nitrogen and oxygen atoms in total. The molecule has 2 heterocycles. The Hall–Kier alpha value is -1.10. The summed E-state index contributed by atoms with van der Waals surface area (Å²) in [5.74, 6) is -0.290. The first-order valence-electron chi connectivity index (χ1n) is 6.57. The number of thiazole rings is 1. The first kappa shape index (κ1) is 13.3. The molecule has 1 aliphatic rings. The lowest BCUT2D eigenvalue weighted by molar-refractivity contribution is 0.0606. The molecule has 0 amide bonds. The normalized spacial score (nSPS) is 20.6. The molecular weight excluding hydrogens is 248 g/mol. The third-order valence-corrected chi connectivity index (χ3v) is 4.49. The number of rotatable bonds is 3. The van der Waals surface area contributed by atoms with Crippen LogP contribution < -0.4 is 4.90 Å². The van der Waals surface area contributed by atoms with E-state index in [0.717, 1.165) is 18.1 Å². The Bertz CT molecular complexity index is 405. The van der Waals surface area contributed by atoms with E-state index in [1.807, 2.05) is 0 Å². The smallest absolute Gasteiger partial charge is 0.349 e. The molecule has 0 N–H and O–H groups in total. The molecule has 1 aromatic heterocycles. The Balaban J connectivity index is 2.17. The van der Waals surface area contributed by atoms with Crippen LogP contribution >= 0.6 is 11.3 Å². The Morgan fingerprint density at radius 2 is 2.39 bits per heavy atom. The molecule has 1 aliphatic heterocycles. The zero-order chi connectivity index (χ0) is 13.0. The third kappa shape index (κ3) is 2.83. The summed E-state index contributed by atoms with van der Waals surface area (Å²) in [5.41, 5.74) is 0. The van der Waals surface area contributed by atoms with E-state index in [9.17, 15) is 4.79 Å². The first-order valence-corrected chi connectivity index (χ1v) is 7.38. The van der Waals surface area contributed by atoms with Gasteiger partial charge < -0.3 is 9.64 Å². The first-order chi connectivity index (χ1) is 8.76. The van der Waals surface area contributed by atoms with Gasteiger partial charge in [0.15, 0.2) is 5.13 Å². The maximum atomic E-state index is 11.5. The fraction of sp³-hybridized carbons (Fsp3) is 0.692. The highest BCUT2D eigenvalue weighted by atomic mass is 32.1. The highest BCUT2D eigenvalue weighted by Gasteiger charge is 2.23. The van der Waals surface area contributed by atoms with Gasteiger partial charge in [-0.25, -0.2) is 9.78 Å². The summed E-state index contributed by atoms with van der Waals surface area (Å²) in [6, 6.07) is 0.559. The van der Waals surface area contributed by atoms with Crippen LogP contribution in [0.4, 0.5) is 5.13 Å². The molecule has 0 bridgehead atoms. The van der Waals surface area contributed by atoms with E-state index >= 15 is 0 Å². The van der Waals surface area contributed by atoms with Gasteiger partial charge in [0.25, 0.3) is 0 Å². The number of anilines is 1. The summed E-state index contributed by atoms with van der Waals surface area (Å²) in [6.45, 7) is 3.27. The van der Waals surface area contributed by atoms with Gasteiger partial charge in [0.1, 0.15) is 4.88 Å². The molecule has 0 aromatic carbocycles. The van der Waals surface area contributed by atoms with Gasteiger partial charge in [0.05, 0.1) is 13.3 Å². The number of nitrogens with zero attached hydrogens (tertiary/aromatic N) is 2. The van der Waals surface area contributed by atoms with E-state index in [1.165, 1.54) is 44.1 Å². The van der Waals surface area contributed by atoms with Gasteiger partial charge in [-0.3, -0.25) is 0 Å². The second kappa shape index (κ2) is 6.18. The predicted octanol–water partition coefficient (Wildman–Crippen LogP) is 3.09. The maximum absolute atomic E-state index is 11.5. The van der Waals surface area contributed by atoms with Crippen molar-refractivity contribution in [2.75, 3.05) is 18.6 Å². The molecule has 1 atom stereocenters. The van der Waals surface area contributed by atoms with Crippen molar-refractivity contribution >= 4 is 22.4 Å². The minimum Gasteiger partial charge on any atom is -0.465 e. The summed E-state index contributed by atoms with van der Waals surface area (Å²) < 4.78 is 4.73. The lowest BCUT2D eigenvalue weighted by Crippen LogP contribution is -2.34. The topological polar surface area (TPSA) is 42.4 Å². The summed E-state index contributed by atoms with van der Waals surface area (Å²) in [4.78, 5) is 18.8. The number of carbonyl (C=O) groups is 1. The minimum absolute atomic E-state index is 0.290. The van der Waals surface area contributed by atoms with Crippen molar-refractivity contribution in [2.24, 2.45) is 0 Å². The van der Waals surface area contributed by atoms with E-state index in [-0.39, 0.29) is 5.97 Å². The molecule has 18 heavy (non-hydrogen) atoms. The highest BCUT2D eigenvalue weighted by molar-refractivity contribution is 7.17. The van der Waals surface area contributed by atoms with Crippen LogP contribution in [0.15, 0.2) is 6.20 Å². The average molecular weight is 268 g/mol. The molecule has 1 aromatic rings. The number of ether oxygens (including phenoxy) is 1. The number of aromatic nitrogens is 1. The summed E-state index contributed by atoms with van der Waals surface area (Å²) >= 11 is 1.44. The number of hydrogen-bond acceptors (Lipinski definition) is 5. The Morgan fingerprint density at radius 3 is 3.11 bits per heavy atom. The number of esters is 1. The summed E-state index contributed by atoms with van der Waals surface area (Å²) in [7, 11) is 1.41. The van der Waals surface area contributed by atoms with Crippen molar-refractivity contribution in [1.82, 2.24) is 4.98 Å². The maximum Gasteiger partial charge on any atom is 0.349 e. The van der Waals surface area contributed by atoms with Gasteiger partial charge in [-0.05, 0) is 19.3 Å². The fourth-order valence-electron chi connectivity index (χ4n) is 2.45. The molecule has 1 saturated heterocycles. The minimum atomic E-state index is -0.290. The van der Waals surface area contributed by atoms with Gasteiger partial charge in [0.2, 0.25) is 0 Å². The monoisotopic (exact) mass is 268 g/mol. The second-order valence-corrected chi connectivity index (χ2v) is 5.61. The second-order valence-electron chi connectivity index (χ2n) is 4.60. The number of carbonyl (C=O) groups excluding carboxylic acids is 1. The lowest BCUT2D eigenvalue weighted by atomic mass is 10.1. The Labute approximate surface area is 112 Å². The van der Waals surface area contributed by atoms with Crippen LogP contribution in [-0.2, 0) is 4.74 Å². The highest BCUT2D eigenvalue weighted by Crippen LogP contribution is 2.29. The van der Waals surface area contributed by atoms with Crippen molar-refractivity contribution < 1.29 is 9.53 Å². The molecule has 0 radical (unpaired) electrons. The van der Waals surface area contributed by atoms with Crippen LogP contribution in [-0.4, -0.2) is 30.6 Å². The fourth-order valence-corrected chi connectivity index (χ4v) is 3.38. The molecule has 5 heteroatoms. The molecule has 0 aliphatic carbocycles. The van der Waals surface area contributed by atoms with Gasteiger partial charge in [-0.1, -0.05) is 31.1 Å². The zero-order valence-electron chi connectivity index (χ0n) is 11.0. The Kier molecular flexibility index (Phi) is 4.58. The van der Waals surface area contributed by atoms with E-state index in [0.29, 0.717) is 10.9 Å². The number of methoxy groups -OCH3 is 1. The molecule has 0 spiro atoms. The van der Waals surface area contributed by atoms with Crippen LogP contribution in [0.2, 0.25) is 0 Å². The van der Waals surface area contributed by atoms with Gasteiger partial charge in [0, 0.05) is 12.6 Å². The van der Waals surface area contributed by atoms with Crippen molar-refractivity contribution in [1.29, 1.82) is 0 Å².